The van der Waals surface area contributed by atoms with Gasteiger partial charge in [-0.15, -0.1) is 0 Å². The van der Waals surface area contributed by atoms with Crippen LogP contribution in [-0.2, 0) is 26.6 Å². The predicted molar refractivity (Wildman–Crippen MR) is 93.4 cm³/mol. The lowest BCUT2D eigenvalue weighted by atomic mass is 10.1. The zero-order valence-electron chi connectivity index (χ0n) is 15.7. The Morgan fingerprint density at radius 1 is 0.897 bits per heavy atom. The van der Waals surface area contributed by atoms with E-state index in [1.54, 1.807) is 0 Å². The second kappa shape index (κ2) is 11.1. The van der Waals surface area contributed by atoms with Crippen molar-refractivity contribution in [3.8, 4) is 0 Å². The fraction of sp³-hybridized carbons (Fsp3) is 0.667. The van der Waals surface area contributed by atoms with Crippen molar-refractivity contribution < 1.29 is 47.7 Å². The van der Waals surface area contributed by atoms with Gasteiger partial charge in [-0.2, -0.15) is 26.3 Å². The monoisotopic (exact) mass is 472 g/mol. The van der Waals surface area contributed by atoms with Crippen LogP contribution < -0.4 is 4.57 Å². The molecule has 0 fully saturated rings. The van der Waals surface area contributed by atoms with E-state index in [0.29, 0.717) is 0 Å². The highest BCUT2D eigenvalue weighted by Gasteiger charge is 2.46. The van der Waals surface area contributed by atoms with Gasteiger partial charge >= 0.3 is 11.0 Å². The van der Waals surface area contributed by atoms with Crippen molar-refractivity contribution >= 4 is 20.0 Å². The number of alkyl halides is 6. The number of sulfonamides is 2. The number of rotatable bonds is 8. The molecule has 0 bridgehead atoms. The molecule has 0 spiro atoms. The van der Waals surface area contributed by atoms with Gasteiger partial charge in [-0.3, -0.25) is 0 Å². The maximum absolute atomic E-state index is 11.4. The molecule has 0 radical (unpaired) electrons. The van der Waals surface area contributed by atoms with E-state index in [1.807, 2.05) is 0 Å². The first-order valence-electron chi connectivity index (χ1n) is 8.36. The average molecular weight is 472 g/mol. The zero-order chi connectivity index (χ0) is 22.9. The summed E-state index contributed by atoms with van der Waals surface area (Å²) in [6.07, 6.45) is 11.2. The Labute approximate surface area is 166 Å². The van der Waals surface area contributed by atoms with Gasteiger partial charge in [0.05, 0.1) is 0 Å². The molecule has 0 saturated heterocycles. The summed E-state index contributed by atoms with van der Waals surface area (Å²) < 4.78 is 111. The first-order chi connectivity index (χ1) is 13.0. The van der Waals surface area contributed by atoms with Crippen LogP contribution in [0.3, 0.4) is 0 Å². The Bertz CT molecular complexity index is 795. The number of aromatic nitrogens is 1. The molecular formula is C15H22F6N2O4S2. The lowest BCUT2D eigenvalue weighted by molar-refractivity contribution is -0.697. The molecule has 1 aromatic heterocycles. The molecule has 0 N–H and O–H groups in total. The number of hydrogen-bond donors (Lipinski definition) is 0. The average Bonchev–Trinajstić information content (AvgIpc) is 2.52. The smallest absolute Gasteiger partial charge is 0.421 e. The van der Waals surface area contributed by atoms with Gasteiger partial charge in [0.2, 0.25) is 0 Å². The molecular weight excluding hydrogens is 450 g/mol. The van der Waals surface area contributed by atoms with E-state index < -0.39 is 31.1 Å². The summed E-state index contributed by atoms with van der Waals surface area (Å²) in [4.78, 5) is 0. The van der Waals surface area contributed by atoms with Gasteiger partial charge in [-0.05, 0) is 19.4 Å². The van der Waals surface area contributed by atoms with Crippen LogP contribution in [0.2, 0.25) is 0 Å². The number of unbranched alkanes of at least 4 members (excludes halogenated alkanes) is 4. The Morgan fingerprint density at radius 2 is 1.38 bits per heavy atom. The molecule has 6 nitrogen and oxygen atoms in total. The van der Waals surface area contributed by atoms with Gasteiger partial charge in [-0.25, -0.2) is 21.4 Å². The third-order valence-electron chi connectivity index (χ3n) is 3.31. The summed E-state index contributed by atoms with van der Waals surface area (Å²) in [6, 6.07) is 4.27. The highest BCUT2D eigenvalue weighted by atomic mass is 32.3. The van der Waals surface area contributed by atoms with Gasteiger partial charge in [-0.1, -0.05) is 26.2 Å². The Hall–Kier alpha value is -1.41. The van der Waals surface area contributed by atoms with Crippen LogP contribution in [0.4, 0.5) is 26.3 Å². The SMILES string of the molecule is CCCCCCC[n+]1cccc(C)c1.O=S(=O)([N-]S(=O)(=O)C(F)(F)F)C(F)(F)F. The number of nitrogens with zero attached hydrogens (tertiary/aromatic N) is 2. The number of hydrogen-bond acceptors (Lipinski definition) is 4. The van der Waals surface area contributed by atoms with Crippen LogP contribution in [0.25, 0.3) is 4.13 Å². The predicted octanol–water partition coefficient (Wildman–Crippen LogP) is 4.31. The molecule has 14 heteroatoms. The van der Waals surface area contributed by atoms with E-state index in [1.165, 1.54) is 44.2 Å². The molecule has 0 atom stereocenters. The van der Waals surface area contributed by atoms with Crippen LogP contribution in [0.1, 0.15) is 44.6 Å². The molecule has 1 aromatic rings. The van der Waals surface area contributed by atoms with Crippen LogP contribution in [0.15, 0.2) is 24.5 Å². The van der Waals surface area contributed by atoms with Crippen molar-refractivity contribution in [3.63, 3.8) is 0 Å². The van der Waals surface area contributed by atoms with Gasteiger partial charge in [0.25, 0.3) is 0 Å². The number of halogens is 6. The van der Waals surface area contributed by atoms with Crippen LogP contribution in [-0.4, -0.2) is 27.9 Å². The third-order valence-corrected chi connectivity index (χ3v) is 6.05. The molecule has 1 rings (SSSR count). The molecule has 0 aliphatic rings. The second-order valence-electron chi connectivity index (χ2n) is 5.95. The van der Waals surface area contributed by atoms with E-state index in [0.717, 1.165) is 4.13 Å². The molecule has 170 valence electrons. The Morgan fingerprint density at radius 3 is 1.79 bits per heavy atom. The third kappa shape index (κ3) is 10.3. The summed E-state index contributed by atoms with van der Waals surface area (Å²) in [6.45, 7) is 5.58. The fourth-order valence-corrected chi connectivity index (χ4v) is 3.61. The standard InChI is InChI=1S/C13H22N.C2F6NO4S2/c1-3-4-5-6-7-10-14-11-8-9-13(2)12-14;3-1(4,5)14(10,11)9-15(12,13)2(6,7)8/h8-9,11-12H,3-7,10H2,1-2H3;/q+1;-1. The van der Waals surface area contributed by atoms with E-state index in [-0.39, 0.29) is 0 Å². The minimum absolute atomic E-state index is 0.778. The lowest BCUT2D eigenvalue weighted by Crippen LogP contribution is -2.32. The highest BCUT2D eigenvalue weighted by molar-refractivity contribution is 8.13. The fourth-order valence-electron chi connectivity index (χ4n) is 1.90. The molecule has 1 heterocycles. The molecule has 0 saturated carbocycles. The highest BCUT2D eigenvalue weighted by Crippen LogP contribution is 2.36. The maximum Gasteiger partial charge on any atom is 0.480 e. The van der Waals surface area contributed by atoms with Crippen molar-refractivity contribution in [2.24, 2.45) is 0 Å². The molecule has 29 heavy (non-hydrogen) atoms. The summed E-state index contributed by atoms with van der Waals surface area (Å²) in [5, 5.41) is 0. The lowest BCUT2D eigenvalue weighted by Gasteiger charge is -2.22. The van der Waals surface area contributed by atoms with E-state index >= 15 is 0 Å². The van der Waals surface area contributed by atoms with Crippen LogP contribution in [0, 0.1) is 6.92 Å². The molecule has 0 amide bonds. The minimum Gasteiger partial charge on any atom is -0.421 e. The summed E-state index contributed by atoms with van der Waals surface area (Å²) in [7, 11) is -13.4. The first kappa shape index (κ1) is 27.6. The van der Waals surface area contributed by atoms with Crippen molar-refractivity contribution in [2.45, 2.75) is 63.5 Å². The minimum atomic E-state index is -6.72. The van der Waals surface area contributed by atoms with E-state index in [4.69, 9.17) is 0 Å². The van der Waals surface area contributed by atoms with E-state index in [9.17, 15) is 43.2 Å². The van der Waals surface area contributed by atoms with Crippen LogP contribution in [0.5, 0.6) is 0 Å². The maximum atomic E-state index is 11.4. The molecule has 0 aliphatic heterocycles. The van der Waals surface area contributed by atoms with Crippen molar-refractivity contribution in [3.05, 3.63) is 34.2 Å². The quantitative estimate of drug-likeness (QED) is 0.321. The molecule has 0 unspecified atom stereocenters. The van der Waals surface area contributed by atoms with Crippen molar-refractivity contribution in [2.75, 3.05) is 0 Å². The largest absolute Gasteiger partial charge is 0.480 e. The van der Waals surface area contributed by atoms with Crippen LogP contribution >= 0.6 is 0 Å². The summed E-state index contributed by atoms with van der Waals surface area (Å²) in [5.74, 6) is 0. The Kier molecular flexibility index (Phi) is 10.6. The Balaban J connectivity index is 0.000000541. The van der Waals surface area contributed by atoms with Gasteiger partial charge in [0.15, 0.2) is 32.4 Å². The van der Waals surface area contributed by atoms with Crippen molar-refractivity contribution in [1.29, 1.82) is 0 Å². The van der Waals surface area contributed by atoms with Gasteiger partial charge in [0.1, 0.15) is 6.54 Å². The first-order valence-corrected chi connectivity index (χ1v) is 11.2. The zero-order valence-corrected chi connectivity index (χ0v) is 17.3. The summed E-state index contributed by atoms with van der Waals surface area (Å²) in [5.41, 5.74) is -11.1. The van der Waals surface area contributed by atoms with Gasteiger partial charge in [0, 0.05) is 18.1 Å². The number of aryl methyl sites for hydroxylation is 2. The topological polar surface area (TPSA) is 86.3 Å². The van der Waals surface area contributed by atoms with Crippen molar-refractivity contribution in [1.82, 2.24) is 0 Å². The second-order valence-corrected chi connectivity index (χ2v) is 9.37. The number of pyridine rings is 1. The molecule has 0 aromatic carbocycles. The summed E-state index contributed by atoms with van der Waals surface area (Å²) >= 11 is 0. The van der Waals surface area contributed by atoms with E-state index in [2.05, 4.69) is 42.9 Å². The molecule has 0 aliphatic carbocycles. The normalized spacial score (nSPS) is 13.0. The van der Waals surface area contributed by atoms with Gasteiger partial charge < -0.3 is 4.13 Å².